The minimum absolute atomic E-state index is 0.0593. The van der Waals surface area contributed by atoms with Crippen LogP contribution in [0.4, 0.5) is 13.2 Å². The molecule has 1 atom stereocenters. The monoisotopic (exact) mass is 237 g/mol. The van der Waals surface area contributed by atoms with E-state index in [1.165, 1.54) is 11.4 Å². The fraction of sp³-hybridized carbons (Fsp3) is 0.556. The highest BCUT2D eigenvalue weighted by atomic mass is 32.1. The molecule has 0 amide bonds. The topological polar surface area (TPSA) is 33.1 Å². The van der Waals surface area contributed by atoms with Gasteiger partial charge in [-0.25, -0.2) is 0 Å². The molecule has 1 aliphatic carbocycles. The van der Waals surface area contributed by atoms with Gasteiger partial charge in [-0.05, 0) is 18.9 Å². The fourth-order valence-corrected chi connectivity index (χ4v) is 1.62. The van der Waals surface area contributed by atoms with Crippen molar-refractivity contribution >= 4 is 23.3 Å². The molecule has 0 aromatic heterocycles. The molecule has 1 aliphatic rings. The van der Waals surface area contributed by atoms with Crippen molar-refractivity contribution in [1.29, 1.82) is 5.41 Å². The fourth-order valence-electron chi connectivity index (χ4n) is 1.43. The summed E-state index contributed by atoms with van der Waals surface area (Å²) in [5, 5.41) is 8.68. The summed E-state index contributed by atoms with van der Waals surface area (Å²) in [6, 6.07) is 0. The molecule has 0 heterocycles. The second kappa shape index (κ2) is 4.74. The maximum absolute atomic E-state index is 11.8. The molecule has 1 unspecified atom stereocenters. The Labute approximate surface area is 90.6 Å². The zero-order valence-electron chi connectivity index (χ0n) is 7.80. The number of rotatable bonds is 3. The van der Waals surface area contributed by atoms with Crippen LogP contribution in [0, 0.1) is 11.3 Å². The van der Waals surface area contributed by atoms with E-state index in [0.717, 1.165) is 0 Å². The Kier molecular flexibility index (Phi) is 3.84. The molecule has 0 aliphatic heterocycles. The lowest BCUT2D eigenvalue weighted by atomic mass is 9.90. The highest BCUT2D eigenvalue weighted by Crippen LogP contribution is 2.29. The molecule has 0 aromatic carbocycles. The number of thiocarbonyl (C=S) groups is 1. The van der Waals surface area contributed by atoms with E-state index in [9.17, 15) is 13.2 Å². The number of hydrogen-bond acceptors (Lipinski definition) is 3. The minimum atomic E-state index is -4.61. The lowest BCUT2D eigenvalue weighted by Crippen LogP contribution is -2.20. The first-order valence-corrected chi connectivity index (χ1v) is 4.88. The standard InChI is InChI=1S/C9H10F3NOS/c10-9(11,12)14-7-3-1-6(2-4-7)8(13)5-15/h3,5-6,13H,1-2,4H2. The van der Waals surface area contributed by atoms with Gasteiger partial charge in [0, 0.05) is 23.4 Å². The van der Waals surface area contributed by atoms with Crippen LogP contribution in [0.5, 0.6) is 0 Å². The van der Waals surface area contributed by atoms with Gasteiger partial charge in [-0.3, -0.25) is 0 Å². The Hall–Kier alpha value is -0.910. The van der Waals surface area contributed by atoms with Gasteiger partial charge in [0.05, 0.1) is 0 Å². The van der Waals surface area contributed by atoms with Crippen LogP contribution in [-0.4, -0.2) is 17.4 Å². The number of alkyl halides is 3. The molecule has 0 fully saturated rings. The van der Waals surface area contributed by atoms with Gasteiger partial charge in [0.2, 0.25) is 0 Å². The van der Waals surface area contributed by atoms with Crippen LogP contribution in [0.1, 0.15) is 19.3 Å². The van der Waals surface area contributed by atoms with E-state index in [2.05, 4.69) is 17.0 Å². The van der Waals surface area contributed by atoms with E-state index in [0.29, 0.717) is 18.6 Å². The van der Waals surface area contributed by atoms with Crippen molar-refractivity contribution in [2.75, 3.05) is 0 Å². The third-order valence-corrected chi connectivity index (χ3v) is 2.44. The van der Waals surface area contributed by atoms with Crippen LogP contribution in [0.25, 0.3) is 0 Å². The summed E-state index contributed by atoms with van der Waals surface area (Å²) in [5.74, 6) is -0.126. The van der Waals surface area contributed by atoms with Crippen LogP contribution < -0.4 is 0 Å². The summed E-state index contributed by atoms with van der Waals surface area (Å²) in [4.78, 5) is 0. The highest BCUT2D eigenvalue weighted by Gasteiger charge is 2.33. The van der Waals surface area contributed by atoms with Gasteiger partial charge in [-0.1, -0.05) is 12.2 Å². The van der Waals surface area contributed by atoms with E-state index in [-0.39, 0.29) is 18.1 Å². The maximum Gasteiger partial charge on any atom is 0.572 e. The van der Waals surface area contributed by atoms with Crippen molar-refractivity contribution in [3.63, 3.8) is 0 Å². The zero-order chi connectivity index (χ0) is 11.5. The predicted octanol–water partition coefficient (Wildman–Crippen LogP) is 3.23. The molecule has 0 radical (unpaired) electrons. The molecule has 1 rings (SSSR count). The Morgan fingerprint density at radius 3 is 2.67 bits per heavy atom. The first-order valence-electron chi connectivity index (χ1n) is 4.41. The summed E-state index contributed by atoms with van der Waals surface area (Å²) in [5.41, 5.74) is 0.298. The van der Waals surface area contributed by atoms with Gasteiger partial charge in [0.1, 0.15) is 5.76 Å². The van der Waals surface area contributed by atoms with Crippen molar-refractivity contribution in [3.8, 4) is 0 Å². The summed E-state index contributed by atoms with van der Waals surface area (Å²) in [7, 11) is 0. The van der Waals surface area contributed by atoms with Crippen LogP contribution in [0.15, 0.2) is 11.8 Å². The number of allylic oxidation sites excluding steroid dienone is 2. The first-order chi connectivity index (χ1) is 6.92. The van der Waals surface area contributed by atoms with E-state index < -0.39 is 6.36 Å². The summed E-state index contributed by atoms with van der Waals surface area (Å²) < 4.78 is 39.3. The maximum atomic E-state index is 11.8. The van der Waals surface area contributed by atoms with Crippen LogP contribution in [0.2, 0.25) is 0 Å². The average Bonchev–Trinajstić information content (AvgIpc) is 2.15. The molecule has 0 saturated heterocycles. The normalized spacial score (nSPS) is 21.8. The third-order valence-electron chi connectivity index (χ3n) is 2.18. The zero-order valence-corrected chi connectivity index (χ0v) is 8.62. The van der Waals surface area contributed by atoms with Crippen LogP contribution in [0.3, 0.4) is 0 Å². The van der Waals surface area contributed by atoms with Crippen LogP contribution in [-0.2, 0) is 4.74 Å². The first kappa shape index (κ1) is 12.2. The van der Waals surface area contributed by atoms with E-state index >= 15 is 0 Å². The van der Waals surface area contributed by atoms with E-state index in [4.69, 9.17) is 5.41 Å². The van der Waals surface area contributed by atoms with Gasteiger partial charge in [-0.2, -0.15) is 0 Å². The Morgan fingerprint density at radius 1 is 1.60 bits per heavy atom. The van der Waals surface area contributed by atoms with Gasteiger partial charge in [0.25, 0.3) is 0 Å². The highest BCUT2D eigenvalue weighted by molar-refractivity contribution is 7.80. The van der Waals surface area contributed by atoms with Crippen molar-refractivity contribution in [2.24, 2.45) is 5.92 Å². The molecular weight excluding hydrogens is 227 g/mol. The third kappa shape index (κ3) is 3.99. The number of nitrogens with one attached hydrogen (secondary N) is 1. The largest absolute Gasteiger partial charge is 0.572 e. The summed E-state index contributed by atoms with van der Waals surface area (Å²) in [6.45, 7) is 0. The van der Waals surface area contributed by atoms with Crippen LogP contribution >= 0.6 is 12.2 Å². The summed E-state index contributed by atoms with van der Waals surface area (Å²) in [6.07, 6.45) is -2.16. The second-order valence-electron chi connectivity index (χ2n) is 3.26. The van der Waals surface area contributed by atoms with Gasteiger partial charge < -0.3 is 10.1 Å². The lowest BCUT2D eigenvalue weighted by molar-refractivity contribution is -0.307. The van der Waals surface area contributed by atoms with Crippen molar-refractivity contribution in [2.45, 2.75) is 25.6 Å². The Morgan fingerprint density at radius 2 is 2.27 bits per heavy atom. The minimum Gasteiger partial charge on any atom is -0.411 e. The molecule has 0 spiro atoms. The smallest absolute Gasteiger partial charge is 0.411 e. The van der Waals surface area contributed by atoms with E-state index in [1.807, 2.05) is 0 Å². The molecule has 0 saturated carbocycles. The SMILES string of the molecule is N=C(C=S)C1CC=C(OC(F)(F)F)CC1. The van der Waals surface area contributed by atoms with Gasteiger partial charge >= 0.3 is 6.36 Å². The average molecular weight is 237 g/mol. The lowest BCUT2D eigenvalue weighted by Gasteiger charge is -2.21. The molecule has 1 N–H and O–H groups in total. The quantitative estimate of drug-likeness (QED) is 0.604. The van der Waals surface area contributed by atoms with Crippen molar-refractivity contribution < 1.29 is 17.9 Å². The van der Waals surface area contributed by atoms with Gasteiger partial charge in [0.15, 0.2) is 0 Å². The molecule has 2 nitrogen and oxygen atoms in total. The number of halogens is 3. The molecule has 0 aromatic rings. The van der Waals surface area contributed by atoms with Gasteiger partial charge in [-0.15, -0.1) is 13.2 Å². The molecule has 0 bridgehead atoms. The van der Waals surface area contributed by atoms with E-state index in [1.54, 1.807) is 0 Å². The van der Waals surface area contributed by atoms with Crippen molar-refractivity contribution in [1.82, 2.24) is 0 Å². The molecule has 84 valence electrons. The second-order valence-corrected chi connectivity index (χ2v) is 3.50. The molecular formula is C9H10F3NOS. The molecule has 6 heteroatoms. The summed E-state index contributed by atoms with van der Waals surface area (Å²) >= 11 is 4.59. The Balaban J connectivity index is 2.52. The number of hydrogen-bond donors (Lipinski definition) is 1. The number of ether oxygens (including phenoxy) is 1. The molecule has 15 heavy (non-hydrogen) atoms. The Bertz CT molecular complexity index is 298. The van der Waals surface area contributed by atoms with Crippen molar-refractivity contribution in [3.05, 3.63) is 11.8 Å². The predicted molar refractivity (Wildman–Crippen MR) is 53.9 cm³/mol.